The lowest BCUT2D eigenvalue weighted by atomic mass is 9.93. The average molecular weight is 332 g/mol. The number of nitrogens with one attached hydrogen (secondary N) is 2. The molecule has 0 atom stereocenters. The zero-order valence-corrected chi connectivity index (χ0v) is 14.3. The third-order valence-corrected chi connectivity index (χ3v) is 4.28. The third kappa shape index (κ3) is 4.10. The van der Waals surface area contributed by atoms with Gasteiger partial charge >= 0.3 is 0 Å². The van der Waals surface area contributed by atoms with Crippen LogP contribution in [0.3, 0.4) is 0 Å². The van der Waals surface area contributed by atoms with Crippen molar-refractivity contribution in [3.8, 4) is 0 Å². The Morgan fingerprint density at radius 1 is 1.25 bits per heavy atom. The molecule has 7 heteroatoms. The van der Waals surface area contributed by atoms with Crippen LogP contribution in [0.4, 0.5) is 0 Å². The number of aromatic nitrogens is 1. The summed E-state index contributed by atoms with van der Waals surface area (Å²) >= 11 is 0. The highest BCUT2D eigenvalue weighted by atomic mass is 16.2. The van der Waals surface area contributed by atoms with Gasteiger partial charge in [0.25, 0.3) is 5.91 Å². The molecule has 0 aliphatic carbocycles. The highest BCUT2D eigenvalue weighted by molar-refractivity contribution is 5.98. The second-order valence-electron chi connectivity index (χ2n) is 6.50. The van der Waals surface area contributed by atoms with Crippen molar-refractivity contribution < 1.29 is 14.4 Å². The van der Waals surface area contributed by atoms with Gasteiger partial charge < -0.3 is 15.5 Å². The molecule has 1 aliphatic rings. The monoisotopic (exact) mass is 332 g/mol. The molecular formula is C17H24N4O3. The molecule has 0 unspecified atom stereocenters. The van der Waals surface area contributed by atoms with Gasteiger partial charge in [0.2, 0.25) is 11.8 Å². The molecule has 0 aromatic carbocycles. The summed E-state index contributed by atoms with van der Waals surface area (Å²) in [6, 6.07) is 3.32. The van der Waals surface area contributed by atoms with Crippen molar-refractivity contribution in [2.45, 2.75) is 32.2 Å². The molecular weight excluding hydrogens is 308 g/mol. The van der Waals surface area contributed by atoms with Crippen LogP contribution in [0.25, 0.3) is 0 Å². The SMILES string of the molecule is CNC(=O)C1CCN(C(=O)C(C)(C)NC(=O)c2cccnc2)CC1. The van der Waals surface area contributed by atoms with E-state index in [4.69, 9.17) is 0 Å². The Bertz CT molecular complexity index is 608. The van der Waals surface area contributed by atoms with Crippen LogP contribution in [0.15, 0.2) is 24.5 Å². The van der Waals surface area contributed by atoms with E-state index in [1.165, 1.54) is 6.20 Å². The molecule has 0 bridgehead atoms. The first-order valence-corrected chi connectivity index (χ1v) is 8.08. The highest BCUT2D eigenvalue weighted by Crippen LogP contribution is 2.20. The first-order valence-electron chi connectivity index (χ1n) is 8.08. The fourth-order valence-electron chi connectivity index (χ4n) is 2.85. The Morgan fingerprint density at radius 3 is 2.46 bits per heavy atom. The van der Waals surface area contributed by atoms with Crippen LogP contribution in [0.1, 0.15) is 37.0 Å². The number of rotatable bonds is 4. The molecule has 2 N–H and O–H groups in total. The molecule has 2 rings (SSSR count). The summed E-state index contributed by atoms with van der Waals surface area (Å²) in [5.74, 6) is -0.504. The molecule has 7 nitrogen and oxygen atoms in total. The van der Waals surface area contributed by atoms with Crippen molar-refractivity contribution in [1.29, 1.82) is 0 Å². The standard InChI is InChI=1S/C17H24N4O3/c1-17(2,20-15(23)13-5-4-8-19-11-13)16(24)21-9-6-12(7-10-21)14(22)18-3/h4-5,8,11-12H,6-7,9-10H2,1-3H3,(H,18,22)(H,20,23). The smallest absolute Gasteiger partial charge is 0.253 e. The van der Waals surface area contributed by atoms with Gasteiger partial charge in [0, 0.05) is 38.4 Å². The summed E-state index contributed by atoms with van der Waals surface area (Å²) in [7, 11) is 1.62. The Kier molecular flexibility index (Phi) is 5.54. The number of hydrogen-bond acceptors (Lipinski definition) is 4. The maximum atomic E-state index is 12.7. The summed E-state index contributed by atoms with van der Waals surface area (Å²) in [6.45, 7) is 4.41. The van der Waals surface area contributed by atoms with E-state index in [9.17, 15) is 14.4 Å². The fraction of sp³-hybridized carbons (Fsp3) is 0.529. The predicted molar refractivity (Wildman–Crippen MR) is 89.2 cm³/mol. The first-order chi connectivity index (χ1) is 11.3. The van der Waals surface area contributed by atoms with Crippen LogP contribution in [-0.4, -0.2) is 53.3 Å². The largest absolute Gasteiger partial charge is 0.359 e. The minimum absolute atomic E-state index is 0.0197. The Hall–Kier alpha value is -2.44. The number of piperidine rings is 1. The van der Waals surface area contributed by atoms with Crippen molar-refractivity contribution in [2.24, 2.45) is 5.92 Å². The molecule has 1 fully saturated rings. The predicted octanol–water partition coefficient (Wildman–Crippen LogP) is 0.575. The van der Waals surface area contributed by atoms with E-state index in [2.05, 4.69) is 15.6 Å². The molecule has 0 spiro atoms. The molecule has 0 radical (unpaired) electrons. The molecule has 1 aromatic rings. The van der Waals surface area contributed by atoms with E-state index >= 15 is 0 Å². The topological polar surface area (TPSA) is 91.4 Å². The maximum Gasteiger partial charge on any atom is 0.253 e. The van der Waals surface area contributed by atoms with Crippen molar-refractivity contribution in [3.05, 3.63) is 30.1 Å². The molecule has 2 heterocycles. The minimum atomic E-state index is -1.02. The van der Waals surface area contributed by atoms with Gasteiger partial charge in [-0.1, -0.05) is 0 Å². The van der Waals surface area contributed by atoms with Crippen molar-refractivity contribution in [3.63, 3.8) is 0 Å². The van der Waals surface area contributed by atoms with Gasteiger partial charge in [-0.05, 0) is 38.8 Å². The lowest BCUT2D eigenvalue weighted by Gasteiger charge is -2.36. The first kappa shape index (κ1) is 17.9. The van der Waals surface area contributed by atoms with Crippen molar-refractivity contribution in [1.82, 2.24) is 20.5 Å². The Labute approximate surface area is 141 Å². The van der Waals surface area contributed by atoms with Gasteiger partial charge in [-0.2, -0.15) is 0 Å². The van der Waals surface area contributed by atoms with Gasteiger partial charge in [0.05, 0.1) is 5.56 Å². The van der Waals surface area contributed by atoms with E-state index in [1.807, 2.05) is 0 Å². The van der Waals surface area contributed by atoms with Gasteiger partial charge in [-0.3, -0.25) is 19.4 Å². The lowest BCUT2D eigenvalue weighted by molar-refractivity contribution is -0.140. The zero-order valence-electron chi connectivity index (χ0n) is 14.3. The van der Waals surface area contributed by atoms with Gasteiger partial charge in [0.1, 0.15) is 5.54 Å². The van der Waals surface area contributed by atoms with Crippen LogP contribution in [0, 0.1) is 5.92 Å². The number of amides is 3. The summed E-state index contributed by atoms with van der Waals surface area (Å²) in [6.07, 6.45) is 4.32. The minimum Gasteiger partial charge on any atom is -0.359 e. The van der Waals surface area contributed by atoms with Crippen LogP contribution in [0.2, 0.25) is 0 Å². The van der Waals surface area contributed by atoms with Crippen molar-refractivity contribution >= 4 is 17.7 Å². The number of pyridine rings is 1. The van der Waals surface area contributed by atoms with E-state index < -0.39 is 5.54 Å². The fourth-order valence-corrected chi connectivity index (χ4v) is 2.85. The molecule has 1 aliphatic heterocycles. The Balaban J connectivity index is 1.96. The van der Waals surface area contributed by atoms with Crippen LogP contribution in [-0.2, 0) is 9.59 Å². The van der Waals surface area contributed by atoms with Gasteiger partial charge in [0.15, 0.2) is 0 Å². The Morgan fingerprint density at radius 2 is 1.92 bits per heavy atom. The summed E-state index contributed by atoms with van der Waals surface area (Å²) in [5, 5.41) is 5.41. The van der Waals surface area contributed by atoms with E-state index in [-0.39, 0.29) is 23.6 Å². The van der Waals surface area contributed by atoms with Crippen LogP contribution >= 0.6 is 0 Å². The van der Waals surface area contributed by atoms with E-state index in [1.54, 1.807) is 44.1 Å². The van der Waals surface area contributed by atoms with Gasteiger partial charge in [-0.25, -0.2) is 0 Å². The zero-order chi connectivity index (χ0) is 17.7. The quantitative estimate of drug-likeness (QED) is 0.843. The molecule has 0 saturated carbocycles. The highest BCUT2D eigenvalue weighted by Gasteiger charge is 2.36. The molecule has 24 heavy (non-hydrogen) atoms. The second-order valence-corrected chi connectivity index (χ2v) is 6.50. The van der Waals surface area contributed by atoms with Crippen molar-refractivity contribution in [2.75, 3.05) is 20.1 Å². The number of hydrogen-bond donors (Lipinski definition) is 2. The van der Waals surface area contributed by atoms with Gasteiger partial charge in [-0.15, -0.1) is 0 Å². The molecule has 3 amide bonds. The number of carbonyl (C=O) groups excluding carboxylic acids is 3. The third-order valence-electron chi connectivity index (χ3n) is 4.28. The maximum absolute atomic E-state index is 12.7. The average Bonchev–Trinajstić information content (AvgIpc) is 2.61. The normalized spacial score (nSPS) is 15.7. The van der Waals surface area contributed by atoms with Crippen LogP contribution in [0.5, 0.6) is 0 Å². The van der Waals surface area contributed by atoms with Crippen LogP contribution < -0.4 is 10.6 Å². The number of nitrogens with zero attached hydrogens (tertiary/aromatic N) is 2. The number of carbonyl (C=O) groups is 3. The summed E-state index contributed by atoms with van der Waals surface area (Å²) < 4.78 is 0. The number of likely N-dealkylation sites (tertiary alicyclic amines) is 1. The lowest BCUT2D eigenvalue weighted by Crippen LogP contribution is -2.57. The second kappa shape index (κ2) is 7.42. The molecule has 130 valence electrons. The van der Waals surface area contributed by atoms with E-state index in [0.717, 1.165) is 0 Å². The molecule has 1 aromatic heterocycles. The van der Waals surface area contributed by atoms with E-state index in [0.29, 0.717) is 31.5 Å². The molecule has 1 saturated heterocycles. The summed E-state index contributed by atoms with van der Waals surface area (Å²) in [4.78, 5) is 42.3. The summed E-state index contributed by atoms with van der Waals surface area (Å²) in [5.41, 5.74) is -0.607.